The van der Waals surface area contributed by atoms with Crippen LogP contribution in [0.3, 0.4) is 0 Å². The molecule has 2 heterocycles. The molecular weight excluding hydrogens is 709 g/mol. The molecule has 2 aromatic heterocycles. The van der Waals surface area contributed by atoms with Crippen LogP contribution in [0, 0.1) is 45.3 Å². The third-order valence-electron chi connectivity index (χ3n) is 11.0. The fourth-order valence-corrected chi connectivity index (χ4v) is 8.44. The molecule has 0 radical (unpaired) electrons. The molecule has 0 fully saturated rings. The Labute approximate surface area is 333 Å². The minimum absolute atomic E-state index is 0.548. The molecule has 6 heteroatoms. The molecule has 8 aromatic carbocycles. The lowest BCUT2D eigenvalue weighted by atomic mass is 9.92. The molecule has 6 nitrogen and oxygen atoms in total. The van der Waals surface area contributed by atoms with Gasteiger partial charge in [-0.1, -0.05) is 84.9 Å². The highest BCUT2D eigenvalue weighted by Gasteiger charge is 2.23. The zero-order valence-electron chi connectivity index (χ0n) is 30.8. The van der Waals surface area contributed by atoms with Crippen molar-refractivity contribution in [3.63, 3.8) is 0 Å². The average Bonchev–Trinajstić information content (AvgIpc) is 3.79. The number of nitriles is 4. The maximum atomic E-state index is 9.92. The van der Waals surface area contributed by atoms with Crippen LogP contribution in [-0.2, 0) is 0 Å². The molecule has 0 aliphatic heterocycles. The van der Waals surface area contributed by atoms with E-state index in [9.17, 15) is 21.0 Å². The predicted octanol–water partition coefficient (Wildman–Crippen LogP) is 12.4. The van der Waals surface area contributed by atoms with Gasteiger partial charge in [-0.2, -0.15) is 21.0 Å². The first kappa shape index (κ1) is 33.9. The van der Waals surface area contributed by atoms with E-state index in [1.807, 2.05) is 109 Å². The van der Waals surface area contributed by atoms with Crippen LogP contribution in [0.15, 0.2) is 170 Å². The van der Waals surface area contributed by atoms with E-state index in [-0.39, 0.29) is 0 Å². The average molecular weight is 737 g/mol. The van der Waals surface area contributed by atoms with E-state index in [1.165, 1.54) is 0 Å². The summed E-state index contributed by atoms with van der Waals surface area (Å²) in [5.41, 5.74) is 13.9. The Bertz CT molecular complexity index is 3350. The molecule has 0 saturated heterocycles. The molecule has 58 heavy (non-hydrogen) atoms. The highest BCUT2D eigenvalue weighted by atomic mass is 15.0. The molecule has 0 aliphatic rings. The molecule has 0 bridgehead atoms. The predicted molar refractivity (Wildman–Crippen MR) is 230 cm³/mol. The summed E-state index contributed by atoms with van der Waals surface area (Å²) >= 11 is 0. The van der Waals surface area contributed by atoms with Gasteiger partial charge in [0.25, 0.3) is 0 Å². The third kappa shape index (κ3) is 5.31. The second-order valence-corrected chi connectivity index (χ2v) is 14.2. The monoisotopic (exact) mass is 736 g/mol. The van der Waals surface area contributed by atoms with Crippen LogP contribution >= 0.6 is 0 Å². The van der Waals surface area contributed by atoms with Gasteiger partial charge in [0.1, 0.15) is 0 Å². The van der Waals surface area contributed by atoms with E-state index in [2.05, 4.69) is 94.1 Å². The minimum atomic E-state index is 0.548. The van der Waals surface area contributed by atoms with Gasteiger partial charge in [0, 0.05) is 38.2 Å². The van der Waals surface area contributed by atoms with E-state index >= 15 is 0 Å². The second kappa shape index (κ2) is 13.6. The Morgan fingerprint density at radius 2 is 0.707 bits per heavy atom. The summed E-state index contributed by atoms with van der Waals surface area (Å²) in [5, 5.41) is 43.1. The van der Waals surface area contributed by atoms with Gasteiger partial charge in [0.2, 0.25) is 0 Å². The molecule has 0 amide bonds. The number of para-hydroxylation sites is 1. The van der Waals surface area contributed by atoms with Crippen LogP contribution in [-0.4, -0.2) is 9.13 Å². The number of benzene rings is 8. The third-order valence-corrected chi connectivity index (χ3v) is 11.0. The number of fused-ring (bicyclic) bond motifs is 6. The number of rotatable bonds is 5. The van der Waals surface area contributed by atoms with Crippen molar-refractivity contribution in [1.29, 1.82) is 21.0 Å². The normalized spacial score (nSPS) is 11.0. The van der Waals surface area contributed by atoms with Crippen LogP contribution < -0.4 is 0 Å². The van der Waals surface area contributed by atoms with Gasteiger partial charge in [-0.25, -0.2) is 0 Å². The molecule has 0 unspecified atom stereocenters. The number of aromatic nitrogens is 2. The number of nitrogens with zero attached hydrogens (tertiary/aromatic N) is 6. The Morgan fingerprint density at radius 3 is 1.14 bits per heavy atom. The van der Waals surface area contributed by atoms with Gasteiger partial charge in [-0.15, -0.1) is 0 Å². The van der Waals surface area contributed by atoms with Gasteiger partial charge in [-0.05, 0) is 102 Å². The highest BCUT2D eigenvalue weighted by Crippen LogP contribution is 2.44. The Morgan fingerprint density at radius 1 is 0.310 bits per heavy atom. The lowest BCUT2D eigenvalue weighted by Crippen LogP contribution is -2.02. The summed E-state index contributed by atoms with van der Waals surface area (Å²) in [4.78, 5) is 0. The molecule has 10 rings (SSSR count). The Kier molecular flexibility index (Phi) is 7.92. The van der Waals surface area contributed by atoms with Crippen LogP contribution in [0.1, 0.15) is 22.3 Å². The van der Waals surface area contributed by atoms with Gasteiger partial charge < -0.3 is 9.13 Å². The van der Waals surface area contributed by atoms with Crippen LogP contribution in [0.2, 0.25) is 0 Å². The maximum absolute atomic E-state index is 9.92. The van der Waals surface area contributed by atoms with Crippen molar-refractivity contribution in [1.82, 2.24) is 9.13 Å². The molecule has 0 spiro atoms. The zero-order valence-corrected chi connectivity index (χ0v) is 30.8. The van der Waals surface area contributed by atoms with Crippen molar-refractivity contribution in [2.75, 3.05) is 0 Å². The highest BCUT2D eigenvalue weighted by molar-refractivity contribution is 6.12. The summed E-state index contributed by atoms with van der Waals surface area (Å²) < 4.78 is 4.50. The topological polar surface area (TPSA) is 105 Å². The largest absolute Gasteiger partial charge is 0.309 e. The van der Waals surface area contributed by atoms with Crippen LogP contribution in [0.4, 0.5) is 0 Å². The Balaban J connectivity index is 1.30. The molecular formula is C52H28N6. The SMILES string of the molecule is N#Cc1ccc2c(c1)c1cc(C#N)ccc1n2-c1ccc(-c2cccc(-c3ccccc3)c2-n2c3ccc(C#N)cc3c3cc(C#N)ccc32)cc1-c1ccccc1. The van der Waals surface area contributed by atoms with Crippen LogP contribution in [0.5, 0.6) is 0 Å². The first-order chi connectivity index (χ1) is 28.6. The molecule has 0 aliphatic carbocycles. The molecule has 0 N–H and O–H groups in total. The smallest absolute Gasteiger partial charge is 0.0991 e. The maximum Gasteiger partial charge on any atom is 0.0991 e. The molecule has 0 atom stereocenters. The zero-order chi connectivity index (χ0) is 39.3. The number of hydrogen-bond acceptors (Lipinski definition) is 4. The molecule has 266 valence electrons. The van der Waals surface area contributed by atoms with Gasteiger partial charge >= 0.3 is 0 Å². The lowest BCUT2D eigenvalue weighted by molar-refractivity contribution is 1.17. The van der Waals surface area contributed by atoms with Crippen molar-refractivity contribution in [2.24, 2.45) is 0 Å². The summed E-state index contributed by atoms with van der Waals surface area (Å²) in [6.45, 7) is 0. The summed E-state index contributed by atoms with van der Waals surface area (Å²) in [6, 6.07) is 65.8. The standard InChI is InChI=1S/C52H28N6/c53-29-33-14-19-48-43(24-33)44-25-34(30-54)15-20-49(44)57(48)47-23-18-39(28-42(47)38-10-5-2-6-11-38)41-13-7-12-40(37-8-3-1-4-9-37)52(41)58-50-21-16-35(31-55)26-45(50)46-27-36(32-56)17-22-51(46)58/h1-28H. The van der Waals surface area contributed by atoms with Crippen LogP contribution in [0.25, 0.3) is 88.4 Å². The summed E-state index contributed by atoms with van der Waals surface area (Å²) in [7, 11) is 0. The van der Waals surface area contributed by atoms with Crippen molar-refractivity contribution in [2.45, 2.75) is 0 Å². The second-order valence-electron chi connectivity index (χ2n) is 14.2. The van der Waals surface area contributed by atoms with E-state index in [0.29, 0.717) is 22.3 Å². The minimum Gasteiger partial charge on any atom is -0.309 e. The van der Waals surface area contributed by atoms with Crippen molar-refractivity contribution in [3.8, 4) is 69.0 Å². The van der Waals surface area contributed by atoms with Crippen molar-refractivity contribution < 1.29 is 0 Å². The van der Waals surface area contributed by atoms with E-state index in [4.69, 9.17) is 0 Å². The van der Waals surface area contributed by atoms with E-state index in [1.54, 1.807) is 0 Å². The molecule has 0 saturated carbocycles. The van der Waals surface area contributed by atoms with Crippen molar-refractivity contribution in [3.05, 3.63) is 192 Å². The Hall–Kier alpha value is -8.68. The lowest BCUT2D eigenvalue weighted by Gasteiger charge is -2.21. The fourth-order valence-electron chi connectivity index (χ4n) is 8.44. The molecule has 10 aromatic rings. The van der Waals surface area contributed by atoms with Gasteiger partial charge in [-0.3, -0.25) is 0 Å². The quantitative estimate of drug-likeness (QED) is 0.175. The van der Waals surface area contributed by atoms with Crippen molar-refractivity contribution >= 4 is 43.6 Å². The van der Waals surface area contributed by atoms with E-state index in [0.717, 1.165) is 88.4 Å². The first-order valence-corrected chi connectivity index (χ1v) is 18.7. The number of hydrogen-bond donors (Lipinski definition) is 0. The van der Waals surface area contributed by atoms with E-state index < -0.39 is 0 Å². The summed E-state index contributed by atoms with van der Waals surface area (Å²) in [6.07, 6.45) is 0. The first-order valence-electron chi connectivity index (χ1n) is 18.7. The fraction of sp³-hybridized carbons (Fsp3) is 0. The van der Waals surface area contributed by atoms with Gasteiger partial charge in [0.05, 0.1) is 80.0 Å². The summed E-state index contributed by atoms with van der Waals surface area (Å²) in [5.74, 6) is 0. The van der Waals surface area contributed by atoms with Gasteiger partial charge in [0.15, 0.2) is 0 Å².